The van der Waals surface area contributed by atoms with Crippen LogP contribution in [-0.2, 0) is 0 Å². The van der Waals surface area contributed by atoms with E-state index < -0.39 is 0 Å². The van der Waals surface area contributed by atoms with Crippen LogP contribution in [0.5, 0.6) is 0 Å². The van der Waals surface area contributed by atoms with Crippen LogP contribution in [0.2, 0.25) is 0 Å². The highest BCUT2D eigenvalue weighted by atomic mass is 32.1. The molecule has 1 N–H and O–H groups in total. The summed E-state index contributed by atoms with van der Waals surface area (Å²) in [6, 6.07) is 6.08. The van der Waals surface area contributed by atoms with Crippen molar-refractivity contribution in [3.8, 4) is 0 Å². The van der Waals surface area contributed by atoms with Gasteiger partial charge in [0.2, 0.25) is 0 Å². The first-order chi connectivity index (χ1) is 5.29. The van der Waals surface area contributed by atoms with Gasteiger partial charge < -0.3 is 10.2 Å². The van der Waals surface area contributed by atoms with Gasteiger partial charge in [0.15, 0.2) is 0 Å². The van der Waals surface area contributed by atoms with Crippen LogP contribution >= 0.6 is 12.6 Å². The number of fused-ring (bicyclic) bond motifs is 1. The normalized spacial score (nSPS) is 14.5. The third-order valence-corrected chi connectivity index (χ3v) is 2.26. The Labute approximate surface area is 71.6 Å². The summed E-state index contributed by atoms with van der Waals surface area (Å²) >= 11 is 4.37. The lowest BCUT2D eigenvalue weighted by atomic mass is 10.3. The summed E-state index contributed by atoms with van der Waals surface area (Å²) in [6.07, 6.45) is 0. The van der Waals surface area contributed by atoms with Gasteiger partial charge in [0.1, 0.15) is 0 Å². The topological polar surface area (TPSA) is 15.3 Å². The molecular formula is C8H10N2S. The van der Waals surface area contributed by atoms with Crippen molar-refractivity contribution >= 4 is 24.0 Å². The van der Waals surface area contributed by atoms with E-state index in [9.17, 15) is 0 Å². The van der Waals surface area contributed by atoms with E-state index >= 15 is 0 Å². The van der Waals surface area contributed by atoms with E-state index in [1.54, 1.807) is 0 Å². The maximum atomic E-state index is 4.37. The van der Waals surface area contributed by atoms with Crippen molar-refractivity contribution in [1.82, 2.24) is 0 Å². The lowest BCUT2D eigenvalue weighted by molar-refractivity contribution is 1.02. The Morgan fingerprint density at radius 2 is 2.36 bits per heavy atom. The summed E-state index contributed by atoms with van der Waals surface area (Å²) in [6.45, 7) is 0.882. The van der Waals surface area contributed by atoms with Crippen molar-refractivity contribution in [3.05, 3.63) is 18.2 Å². The van der Waals surface area contributed by atoms with E-state index in [2.05, 4.69) is 36.0 Å². The lowest BCUT2D eigenvalue weighted by Gasteiger charge is -2.11. The summed E-state index contributed by atoms with van der Waals surface area (Å²) in [5.41, 5.74) is 2.39. The van der Waals surface area contributed by atoms with E-state index in [1.165, 1.54) is 11.4 Å². The molecule has 0 saturated carbocycles. The van der Waals surface area contributed by atoms with Crippen LogP contribution in [0.25, 0.3) is 0 Å². The smallest absolute Gasteiger partial charge is 0.0875 e. The zero-order valence-electron chi connectivity index (χ0n) is 6.33. The fourth-order valence-electron chi connectivity index (χ4n) is 1.36. The van der Waals surface area contributed by atoms with Gasteiger partial charge in [0.25, 0.3) is 0 Å². The van der Waals surface area contributed by atoms with Gasteiger partial charge in [0.05, 0.1) is 18.0 Å². The summed E-state index contributed by atoms with van der Waals surface area (Å²) < 4.78 is 0. The lowest BCUT2D eigenvalue weighted by Crippen LogP contribution is -2.16. The maximum absolute atomic E-state index is 4.37. The second-order valence-corrected chi connectivity index (χ2v) is 3.19. The Kier molecular flexibility index (Phi) is 1.46. The number of benzene rings is 1. The van der Waals surface area contributed by atoms with Gasteiger partial charge in [-0.2, -0.15) is 0 Å². The Hall–Kier alpha value is -0.830. The molecule has 0 amide bonds. The van der Waals surface area contributed by atoms with Crippen LogP contribution in [0.1, 0.15) is 0 Å². The van der Waals surface area contributed by atoms with Gasteiger partial charge in [-0.25, -0.2) is 0 Å². The molecule has 0 bridgehead atoms. The van der Waals surface area contributed by atoms with Crippen molar-refractivity contribution in [2.75, 3.05) is 23.9 Å². The second kappa shape index (κ2) is 2.34. The minimum atomic E-state index is 0.882. The number of anilines is 2. The van der Waals surface area contributed by atoms with E-state index in [0.29, 0.717) is 0 Å². The van der Waals surface area contributed by atoms with Crippen molar-refractivity contribution in [2.45, 2.75) is 4.90 Å². The third kappa shape index (κ3) is 0.959. The standard InChI is InChI=1S/C8H10N2S/c1-10-5-9-6-3-2-4-7(11)8(6)10/h2-4,9,11H,5H2,1H3. The number of hydrogen-bond acceptors (Lipinski definition) is 3. The molecule has 11 heavy (non-hydrogen) atoms. The number of hydrogen-bond donors (Lipinski definition) is 2. The molecule has 1 heterocycles. The molecule has 0 unspecified atom stereocenters. The average Bonchev–Trinajstić information content (AvgIpc) is 2.34. The van der Waals surface area contributed by atoms with E-state index in [4.69, 9.17) is 0 Å². The van der Waals surface area contributed by atoms with Crippen LogP contribution in [0, 0.1) is 0 Å². The van der Waals surface area contributed by atoms with Crippen molar-refractivity contribution in [2.24, 2.45) is 0 Å². The number of para-hydroxylation sites is 1. The minimum absolute atomic E-state index is 0.882. The van der Waals surface area contributed by atoms with Crippen LogP contribution in [0.15, 0.2) is 23.1 Å². The Morgan fingerprint density at radius 1 is 1.55 bits per heavy atom. The summed E-state index contributed by atoms with van der Waals surface area (Å²) in [5.74, 6) is 0. The first-order valence-corrected chi connectivity index (χ1v) is 4.01. The molecular weight excluding hydrogens is 156 g/mol. The predicted molar refractivity (Wildman–Crippen MR) is 50.6 cm³/mol. The fraction of sp³-hybridized carbons (Fsp3) is 0.250. The van der Waals surface area contributed by atoms with Gasteiger partial charge in [0, 0.05) is 11.9 Å². The van der Waals surface area contributed by atoms with Crippen molar-refractivity contribution in [3.63, 3.8) is 0 Å². The highest BCUT2D eigenvalue weighted by Crippen LogP contribution is 2.35. The molecule has 58 valence electrons. The summed E-state index contributed by atoms with van der Waals surface area (Å²) in [4.78, 5) is 3.19. The Morgan fingerprint density at radius 3 is 3.09 bits per heavy atom. The first kappa shape index (κ1) is 6.85. The van der Waals surface area contributed by atoms with Gasteiger partial charge in [-0.1, -0.05) is 6.07 Å². The van der Waals surface area contributed by atoms with Crippen LogP contribution in [-0.4, -0.2) is 13.7 Å². The molecule has 0 saturated heterocycles. The molecule has 1 aliphatic heterocycles. The highest BCUT2D eigenvalue weighted by molar-refractivity contribution is 7.80. The van der Waals surface area contributed by atoms with Gasteiger partial charge in [-0.3, -0.25) is 0 Å². The number of nitrogens with one attached hydrogen (secondary N) is 1. The average molecular weight is 166 g/mol. The van der Waals surface area contributed by atoms with E-state index in [1.807, 2.05) is 12.1 Å². The molecule has 0 aliphatic carbocycles. The highest BCUT2D eigenvalue weighted by Gasteiger charge is 2.15. The molecule has 0 aromatic heterocycles. The third-order valence-electron chi connectivity index (χ3n) is 1.90. The zero-order valence-corrected chi connectivity index (χ0v) is 7.23. The SMILES string of the molecule is CN1CNc2cccc(S)c21. The predicted octanol–water partition coefficient (Wildman–Crippen LogP) is 1.79. The monoisotopic (exact) mass is 166 g/mol. The molecule has 0 radical (unpaired) electrons. The summed E-state index contributed by atoms with van der Waals surface area (Å²) in [5, 5.41) is 3.27. The largest absolute Gasteiger partial charge is 0.366 e. The second-order valence-electron chi connectivity index (χ2n) is 2.71. The quantitative estimate of drug-likeness (QED) is 0.571. The number of thiol groups is 1. The number of nitrogens with zero attached hydrogens (tertiary/aromatic N) is 1. The first-order valence-electron chi connectivity index (χ1n) is 3.56. The molecule has 1 aromatic rings. The molecule has 1 aromatic carbocycles. The van der Waals surface area contributed by atoms with Crippen molar-refractivity contribution < 1.29 is 0 Å². The molecule has 3 heteroatoms. The molecule has 0 atom stereocenters. The maximum Gasteiger partial charge on any atom is 0.0875 e. The fourth-order valence-corrected chi connectivity index (χ4v) is 1.74. The van der Waals surface area contributed by atoms with Crippen LogP contribution < -0.4 is 10.2 Å². The van der Waals surface area contributed by atoms with Crippen LogP contribution in [0.3, 0.4) is 0 Å². The Bertz CT molecular complexity index is 285. The molecule has 1 aliphatic rings. The minimum Gasteiger partial charge on any atom is -0.366 e. The Balaban J connectivity index is 2.58. The molecule has 2 rings (SSSR count). The molecule has 2 nitrogen and oxygen atoms in total. The van der Waals surface area contributed by atoms with Crippen LogP contribution in [0.4, 0.5) is 11.4 Å². The van der Waals surface area contributed by atoms with Gasteiger partial charge in [-0.05, 0) is 12.1 Å². The number of rotatable bonds is 0. The molecule has 0 fully saturated rings. The van der Waals surface area contributed by atoms with E-state index in [0.717, 1.165) is 11.6 Å². The van der Waals surface area contributed by atoms with Gasteiger partial charge >= 0.3 is 0 Å². The molecule has 0 spiro atoms. The summed E-state index contributed by atoms with van der Waals surface area (Å²) in [7, 11) is 2.05. The zero-order chi connectivity index (χ0) is 7.84. The van der Waals surface area contributed by atoms with Gasteiger partial charge in [-0.15, -0.1) is 12.6 Å². The van der Waals surface area contributed by atoms with E-state index in [-0.39, 0.29) is 0 Å². The van der Waals surface area contributed by atoms with Crippen molar-refractivity contribution in [1.29, 1.82) is 0 Å².